The second-order valence-electron chi connectivity index (χ2n) is 6.67. The molecule has 0 aromatic heterocycles. The molecular formula is C14H24. The zero-order chi connectivity index (χ0) is 10.1. The first-order valence-electron chi connectivity index (χ1n) is 6.59. The number of fused-ring (bicyclic) bond motifs is 1. The molecule has 0 N–H and O–H groups in total. The van der Waals surface area contributed by atoms with E-state index in [0.29, 0.717) is 0 Å². The van der Waals surface area contributed by atoms with Gasteiger partial charge in [-0.1, -0.05) is 34.1 Å². The fraction of sp³-hybridized carbons (Fsp3) is 1.00. The molecule has 0 spiro atoms. The first kappa shape index (κ1) is 9.24. The predicted molar refractivity (Wildman–Crippen MR) is 59.9 cm³/mol. The molecule has 0 aromatic carbocycles. The van der Waals surface area contributed by atoms with Crippen LogP contribution in [0.25, 0.3) is 0 Å². The molecule has 3 fully saturated rings. The molecule has 14 heavy (non-hydrogen) atoms. The van der Waals surface area contributed by atoms with Crippen molar-refractivity contribution in [2.75, 3.05) is 0 Å². The molecule has 0 nitrogen and oxygen atoms in total. The van der Waals surface area contributed by atoms with Crippen LogP contribution in [0.1, 0.15) is 47.0 Å². The van der Waals surface area contributed by atoms with Crippen LogP contribution in [-0.4, -0.2) is 0 Å². The summed E-state index contributed by atoms with van der Waals surface area (Å²) in [7, 11) is 0. The van der Waals surface area contributed by atoms with Gasteiger partial charge in [-0.05, 0) is 53.8 Å². The maximum atomic E-state index is 2.60. The molecule has 0 heterocycles. The third-order valence-electron chi connectivity index (χ3n) is 6.08. The highest BCUT2D eigenvalue weighted by Gasteiger charge is 2.71. The van der Waals surface area contributed by atoms with Gasteiger partial charge in [0.1, 0.15) is 0 Å². The Morgan fingerprint density at radius 3 is 2.29 bits per heavy atom. The summed E-state index contributed by atoms with van der Waals surface area (Å²) < 4.78 is 0. The SMILES string of the molecule is CCC1CC(C)C1C1(C)CC2C(C)C21. The van der Waals surface area contributed by atoms with Crippen LogP contribution < -0.4 is 0 Å². The van der Waals surface area contributed by atoms with Gasteiger partial charge in [-0.15, -0.1) is 0 Å². The summed E-state index contributed by atoms with van der Waals surface area (Å²) in [5, 5.41) is 0. The molecule has 3 saturated carbocycles. The van der Waals surface area contributed by atoms with Crippen molar-refractivity contribution < 1.29 is 0 Å². The van der Waals surface area contributed by atoms with Crippen LogP contribution in [0.3, 0.4) is 0 Å². The van der Waals surface area contributed by atoms with Crippen LogP contribution >= 0.6 is 0 Å². The molecule has 3 rings (SSSR count). The van der Waals surface area contributed by atoms with E-state index in [1.54, 1.807) is 6.42 Å². The Bertz CT molecular complexity index is 253. The van der Waals surface area contributed by atoms with E-state index in [9.17, 15) is 0 Å². The minimum Gasteiger partial charge on any atom is -0.0651 e. The van der Waals surface area contributed by atoms with Crippen LogP contribution in [0.4, 0.5) is 0 Å². The van der Waals surface area contributed by atoms with Crippen molar-refractivity contribution in [2.24, 2.45) is 40.9 Å². The third kappa shape index (κ3) is 0.864. The summed E-state index contributed by atoms with van der Waals surface area (Å²) in [4.78, 5) is 0. The first-order chi connectivity index (χ1) is 6.59. The van der Waals surface area contributed by atoms with E-state index < -0.39 is 0 Å². The molecule has 80 valence electrons. The van der Waals surface area contributed by atoms with Gasteiger partial charge in [0.2, 0.25) is 0 Å². The quantitative estimate of drug-likeness (QED) is 0.621. The Labute approximate surface area is 88.5 Å². The van der Waals surface area contributed by atoms with Gasteiger partial charge in [0, 0.05) is 0 Å². The maximum absolute atomic E-state index is 2.60. The molecule has 0 radical (unpaired) electrons. The number of hydrogen-bond acceptors (Lipinski definition) is 0. The van der Waals surface area contributed by atoms with E-state index in [0.717, 1.165) is 40.9 Å². The van der Waals surface area contributed by atoms with E-state index in [1.807, 2.05) is 0 Å². The van der Waals surface area contributed by atoms with Crippen molar-refractivity contribution in [1.29, 1.82) is 0 Å². The molecule has 0 bridgehead atoms. The van der Waals surface area contributed by atoms with Crippen LogP contribution in [0, 0.1) is 40.9 Å². The summed E-state index contributed by atoms with van der Waals surface area (Å²) >= 11 is 0. The fourth-order valence-corrected chi connectivity index (χ4v) is 5.44. The lowest BCUT2D eigenvalue weighted by molar-refractivity contribution is -0.0852. The summed E-state index contributed by atoms with van der Waals surface area (Å²) in [6.07, 6.45) is 4.50. The van der Waals surface area contributed by atoms with Crippen molar-refractivity contribution >= 4 is 0 Å². The zero-order valence-electron chi connectivity index (χ0n) is 10.1. The van der Waals surface area contributed by atoms with Crippen molar-refractivity contribution in [3.63, 3.8) is 0 Å². The van der Waals surface area contributed by atoms with Gasteiger partial charge in [0.05, 0.1) is 0 Å². The van der Waals surface area contributed by atoms with E-state index in [2.05, 4.69) is 27.7 Å². The van der Waals surface area contributed by atoms with Gasteiger partial charge < -0.3 is 0 Å². The summed E-state index contributed by atoms with van der Waals surface area (Å²) in [5.74, 6) is 6.53. The van der Waals surface area contributed by atoms with Crippen molar-refractivity contribution in [2.45, 2.75) is 47.0 Å². The molecule has 0 amide bonds. The minimum atomic E-state index is 0.766. The lowest BCUT2D eigenvalue weighted by Crippen LogP contribution is -2.50. The van der Waals surface area contributed by atoms with Crippen LogP contribution in [0.15, 0.2) is 0 Å². The highest BCUT2D eigenvalue weighted by Crippen LogP contribution is 2.77. The molecule has 3 aliphatic rings. The van der Waals surface area contributed by atoms with Gasteiger partial charge in [-0.2, -0.15) is 0 Å². The molecule has 7 unspecified atom stereocenters. The Hall–Kier alpha value is 0. The van der Waals surface area contributed by atoms with Crippen molar-refractivity contribution in [3.8, 4) is 0 Å². The highest BCUT2D eigenvalue weighted by atomic mass is 14.8. The number of rotatable bonds is 2. The van der Waals surface area contributed by atoms with Gasteiger partial charge >= 0.3 is 0 Å². The molecular weight excluding hydrogens is 168 g/mol. The third-order valence-corrected chi connectivity index (χ3v) is 6.08. The van der Waals surface area contributed by atoms with Gasteiger partial charge in [0.25, 0.3) is 0 Å². The molecule has 7 atom stereocenters. The lowest BCUT2D eigenvalue weighted by Gasteiger charge is -2.57. The molecule has 0 aliphatic heterocycles. The average Bonchev–Trinajstić information content (AvgIpc) is 2.65. The zero-order valence-corrected chi connectivity index (χ0v) is 10.1. The largest absolute Gasteiger partial charge is 0.0651 e. The number of hydrogen-bond donors (Lipinski definition) is 0. The summed E-state index contributed by atoms with van der Waals surface area (Å²) in [5.41, 5.74) is 0.766. The Morgan fingerprint density at radius 2 is 1.93 bits per heavy atom. The van der Waals surface area contributed by atoms with Crippen molar-refractivity contribution in [1.82, 2.24) is 0 Å². The second kappa shape index (κ2) is 2.57. The maximum Gasteiger partial charge on any atom is -0.0256 e. The Morgan fingerprint density at radius 1 is 1.21 bits per heavy atom. The van der Waals surface area contributed by atoms with Gasteiger partial charge in [-0.25, -0.2) is 0 Å². The standard InChI is InChI=1S/C14H24/c1-5-10-6-8(2)12(10)14(4)7-11-9(3)13(11)14/h8-13H,5-7H2,1-4H3. The molecule has 0 saturated heterocycles. The van der Waals surface area contributed by atoms with Gasteiger partial charge in [-0.3, -0.25) is 0 Å². The average molecular weight is 192 g/mol. The minimum absolute atomic E-state index is 0.766. The molecule has 3 aliphatic carbocycles. The smallest absolute Gasteiger partial charge is 0.0256 e. The van der Waals surface area contributed by atoms with E-state index in [-0.39, 0.29) is 0 Å². The van der Waals surface area contributed by atoms with E-state index >= 15 is 0 Å². The topological polar surface area (TPSA) is 0 Å². The monoisotopic (exact) mass is 192 g/mol. The summed E-state index contributed by atoms with van der Waals surface area (Å²) in [6, 6.07) is 0. The fourth-order valence-electron chi connectivity index (χ4n) is 5.44. The van der Waals surface area contributed by atoms with Crippen molar-refractivity contribution in [3.05, 3.63) is 0 Å². The lowest BCUT2D eigenvalue weighted by atomic mass is 9.48. The second-order valence-corrected chi connectivity index (χ2v) is 6.67. The van der Waals surface area contributed by atoms with Crippen LogP contribution in [0.2, 0.25) is 0 Å². The Balaban J connectivity index is 1.76. The van der Waals surface area contributed by atoms with Crippen LogP contribution in [0.5, 0.6) is 0 Å². The first-order valence-corrected chi connectivity index (χ1v) is 6.59. The normalized spacial score (nSPS) is 65.1. The molecule has 0 heteroatoms. The Kier molecular flexibility index (Phi) is 1.70. The molecule has 0 aromatic rings. The van der Waals surface area contributed by atoms with Gasteiger partial charge in [0.15, 0.2) is 0 Å². The highest BCUT2D eigenvalue weighted by molar-refractivity contribution is 5.19. The van der Waals surface area contributed by atoms with E-state index in [4.69, 9.17) is 0 Å². The van der Waals surface area contributed by atoms with Crippen LogP contribution in [-0.2, 0) is 0 Å². The summed E-state index contributed by atoms with van der Waals surface area (Å²) in [6.45, 7) is 9.95. The predicted octanol–water partition coefficient (Wildman–Crippen LogP) is 3.96. The van der Waals surface area contributed by atoms with E-state index in [1.165, 1.54) is 12.8 Å².